The van der Waals surface area contributed by atoms with Crippen LogP contribution in [0, 0.1) is 0 Å². The first-order chi connectivity index (χ1) is 9.90. The fourth-order valence-corrected chi connectivity index (χ4v) is 2.37. The number of ether oxygens (including phenoxy) is 1. The molecular formula is C14H21ClF3N3O. The Morgan fingerprint density at radius 3 is 2.45 bits per heavy atom. The zero-order valence-electron chi connectivity index (χ0n) is 12.3. The van der Waals surface area contributed by atoms with Crippen LogP contribution in [0.25, 0.3) is 0 Å². The van der Waals surface area contributed by atoms with Crippen molar-refractivity contribution in [3.05, 3.63) is 23.9 Å². The maximum atomic E-state index is 12.4. The van der Waals surface area contributed by atoms with E-state index >= 15 is 0 Å². The molecule has 2 rings (SSSR count). The monoisotopic (exact) mass is 339 g/mol. The molecule has 22 heavy (non-hydrogen) atoms. The van der Waals surface area contributed by atoms with E-state index in [1.807, 2.05) is 6.92 Å². The number of piperidine rings is 1. The second-order valence-corrected chi connectivity index (χ2v) is 5.21. The van der Waals surface area contributed by atoms with Gasteiger partial charge in [0, 0.05) is 25.4 Å². The Hall–Kier alpha value is -1.05. The Morgan fingerprint density at radius 2 is 2.00 bits per heavy atom. The Kier molecular flexibility index (Phi) is 6.90. The first kappa shape index (κ1) is 19.0. The van der Waals surface area contributed by atoms with Gasteiger partial charge < -0.3 is 10.5 Å². The van der Waals surface area contributed by atoms with Crippen LogP contribution in [0.15, 0.2) is 18.3 Å². The summed E-state index contributed by atoms with van der Waals surface area (Å²) in [4.78, 5) is 5.92. The molecule has 0 bridgehead atoms. The van der Waals surface area contributed by atoms with Crippen LogP contribution in [0.5, 0.6) is 5.88 Å². The highest BCUT2D eigenvalue weighted by Crippen LogP contribution is 2.29. The van der Waals surface area contributed by atoms with Crippen LogP contribution in [-0.4, -0.2) is 35.2 Å². The van der Waals surface area contributed by atoms with Crippen molar-refractivity contribution in [3.8, 4) is 5.88 Å². The van der Waals surface area contributed by atoms with E-state index in [0.717, 1.165) is 44.6 Å². The average Bonchev–Trinajstić information content (AvgIpc) is 2.47. The predicted octanol–water partition coefficient (Wildman–Crippen LogP) is 3.06. The Balaban J connectivity index is 0.00000242. The molecule has 8 heteroatoms. The van der Waals surface area contributed by atoms with Gasteiger partial charge in [0.1, 0.15) is 6.10 Å². The molecule has 1 saturated heterocycles. The van der Waals surface area contributed by atoms with E-state index in [1.54, 1.807) is 0 Å². The Bertz CT molecular complexity index is 448. The van der Waals surface area contributed by atoms with Gasteiger partial charge in [0.2, 0.25) is 5.88 Å². The van der Waals surface area contributed by atoms with Crippen molar-refractivity contribution in [2.24, 2.45) is 5.73 Å². The summed E-state index contributed by atoms with van der Waals surface area (Å²) in [6.45, 7) is 3.71. The number of aromatic nitrogens is 1. The average molecular weight is 340 g/mol. The summed E-state index contributed by atoms with van der Waals surface area (Å²) in [6.07, 6.45) is -1.02. The maximum absolute atomic E-state index is 12.4. The highest BCUT2D eigenvalue weighted by molar-refractivity contribution is 5.85. The lowest BCUT2D eigenvalue weighted by molar-refractivity contribution is -0.137. The van der Waals surface area contributed by atoms with E-state index in [1.165, 1.54) is 6.07 Å². The first-order valence-electron chi connectivity index (χ1n) is 7.09. The smallest absolute Gasteiger partial charge is 0.417 e. The minimum Gasteiger partial charge on any atom is -0.474 e. The molecule has 2 N–H and O–H groups in total. The summed E-state index contributed by atoms with van der Waals surface area (Å²) >= 11 is 0. The largest absolute Gasteiger partial charge is 0.474 e. The fraction of sp³-hybridized carbons (Fsp3) is 0.643. The molecule has 1 aliphatic heterocycles. The van der Waals surface area contributed by atoms with Gasteiger partial charge in [-0.15, -0.1) is 12.4 Å². The molecule has 0 amide bonds. The second-order valence-electron chi connectivity index (χ2n) is 5.21. The van der Waals surface area contributed by atoms with Gasteiger partial charge in [-0.3, -0.25) is 4.90 Å². The Labute approximate surface area is 134 Å². The van der Waals surface area contributed by atoms with Gasteiger partial charge in [-0.1, -0.05) is 6.92 Å². The fourth-order valence-electron chi connectivity index (χ4n) is 2.37. The second kappa shape index (κ2) is 7.99. The van der Waals surface area contributed by atoms with Crippen molar-refractivity contribution < 1.29 is 17.9 Å². The van der Waals surface area contributed by atoms with Gasteiger partial charge in [0.05, 0.1) is 11.7 Å². The van der Waals surface area contributed by atoms with Crippen molar-refractivity contribution in [1.29, 1.82) is 0 Å². The number of rotatable bonds is 4. The molecule has 1 aromatic rings. The molecule has 1 aromatic heterocycles. The standard InChI is InChI=1S/C14H20F3N3O.ClH/c1-2-12(18)20-7-5-11(6-8-20)21-13-4-3-10(9-19-13)14(15,16)17;/h3-4,9,11-12H,2,5-8,18H2,1H3;1H. The number of nitrogens with zero attached hydrogens (tertiary/aromatic N) is 2. The third kappa shape index (κ3) is 5.00. The normalized spacial score (nSPS) is 18.6. The summed E-state index contributed by atoms with van der Waals surface area (Å²) in [5, 5.41) is 0. The molecule has 0 spiro atoms. The van der Waals surface area contributed by atoms with E-state index in [4.69, 9.17) is 10.5 Å². The molecule has 126 valence electrons. The topological polar surface area (TPSA) is 51.4 Å². The van der Waals surface area contributed by atoms with E-state index < -0.39 is 11.7 Å². The number of likely N-dealkylation sites (tertiary alicyclic amines) is 1. The lowest BCUT2D eigenvalue weighted by Crippen LogP contribution is -2.47. The summed E-state index contributed by atoms with van der Waals surface area (Å²) < 4.78 is 42.9. The van der Waals surface area contributed by atoms with Crippen LogP contribution in [0.4, 0.5) is 13.2 Å². The molecule has 1 fully saturated rings. The number of alkyl halides is 3. The zero-order chi connectivity index (χ0) is 15.5. The summed E-state index contributed by atoms with van der Waals surface area (Å²) in [5.41, 5.74) is 5.20. The van der Waals surface area contributed by atoms with Gasteiger partial charge >= 0.3 is 6.18 Å². The van der Waals surface area contributed by atoms with Crippen LogP contribution in [-0.2, 0) is 6.18 Å². The van der Waals surface area contributed by atoms with E-state index in [-0.39, 0.29) is 30.6 Å². The summed E-state index contributed by atoms with van der Waals surface area (Å²) in [5.74, 6) is 0.237. The van der Waals surface area contributed by atoms with Gasteiger partial charge in [-0.05, 0) is 25.3 Å². The predicted molar refractivity (Wildman–Crippen MR) is 80.0 cm³/mol. The molecule has 0 saturated carbocycles. The molecule has 0 aliphatic carbocycles. The van der Waals surface area contributed by atoms with Gasteiger partial charge in [0.15, 0.2) is 0 Å². The number of hydrogen-bond donors (Lipinski definition) is 1. The van der Waals surface area contributed by atoms with Crippen LogP contribution in [0.3, 0.4) is 0 Å². The lowest BCUT2D eigenvalue weighted by Gasteiger charge is -2.35. The number of nitrogens with two attached hydrogens (primary N) is 1. The van der Waals surface area contributed by atoms with E-state index in [2.05, 4.69) is 9.88 Å². The minimum absolute atomic E-state index is 0. The summed E-state index contributed by atoms with van der Waals surface area (Å²) in [6, 6.07) is 2.26. The number of pyridine rings is 1. The quantitative estimate of drug-likeness (QED) is 0.916. The molecule has 2 heterocycles. The molecule has 1 aliphatic rings. The molecule has 1 unspecified atom stereocenters. The molecule has 0 aromatic carbocycles. The van der Waals surface area contributed by atoms with E-state index in [9.17, 15) is 13.2 Å². The SMILES string of the molecule is CCC(N)N1CCC(Oc2ccc(C(F)(F)F)cn2)CC1.Cl. The van der Waals surface area contributed by atoms with Gasteiger partial charge in [-0.25, -0.2) is 4.98 Å². The Morgan fingerprint density at radius 1 is 1.36 bits per heavy atom. The van der Waals surface area contributed by atoms with Crippen LogP contribution in [0.1, 0.15) is 31.7 Å². The van der Waals surface area contributed by atoms with Crippen LogP contribution >= 0.6 is 12.4 Å². The van der Waals surface area contributed by atoms with Gasteiger partial charge in [0.25, 0.3) is 0 Å². The van der Waals surface area contributed by atoms with Crippen molar-refractivity contribution in [2.45, 2.75) is 44.6 Å². The lowest BCUT2D eigenvalue weighted by atomic mass is 10.1. The third-order valence-corrected chi connectivity index (χ3v) is 3.71. The molecule has 4 nitrogen and oxygen atoms in total. The minimum atomic E-state index is -4.37. The van der Waals surface area contributed by atoms with Crippen molar-refractivity contribution in [1.82, 2.24) is 9.88 Å². The number of hydrogen-bond acceptors (Lipinski definition) is 4. The molecule has 0 radical (unpaired) electrons. The van der Waals surface area contributed by atoms with Crippen molar-refractivity contribution in [3.63, 3.8) is 0 Å². The van der Waals surface area contributed by atoms with E-state index in [0.29, 0.717) is 0 Å². The summed E-state index contributed by atoms with van der Waals surface area (Å²) in [7, 11) is 0. The highest BCUT2D eigenvalue weighted by atomic mass is 35.5. The zero-order valence-corrected chi connectivity index (χ0v) is 13.2. The third-order valence-electron chi connectivity index (χ3n) is 3.71. The maximum Gasteiger partial charge on any atom is 0.417 e. The molecular weight excluding hydrogens is 319 g/mol. The molecule has 1 atom stereocenters. The number of halogens is 4. The van der Waals surface area contributed by atoms with Gasteiger partial charge in [-0.2, -0.15) is 13.2 Å². The van der Waals surface area contributed by atoms with Crippen molar-refractivity contribution >= 4 is 12.4 Å². The highest BCUT2D eigenvalue weighted by Gasteiger charge is 2.31. The van der Waals surface area contributed by atoms with Crippen LogP contribution in [0.2, 0.25) is 0 Å². The first-order valence-corrected chi connectivity index (χ1v) is 7.09. The van der Waals surface area contributed by atoms with Crippen LogP contribution < -0.4 is 10.5 Å². The van der Waals surface area contributed by atoms with Crippen molar-refractivity contribution in [2.75, 3.05) is 13.1 Å².